The van der Waals surface area contributed by atoms with Crippen LogP contribution in [0.2, 0.25) is 170 Å². The molecule has 0 aliphatic heterocycles. The van der Waals surface area contributed by atoms with Crippen LogP contribution in [0.5, 0.6) is 0 Å². The van der Waals surface area contributed by atoms with Crippen LogP contribution in [0, 0.1) is 0 Å². The van der Waals surface area contributed by atoms with Crippen LogP contribution in [0.25, 0.3) is 0 Å². The zero-order valence-corrected chi connectivity index (χ0v) is 51.3. The molecule has 0 atom stereocenters. The summed E-state index contributed by atoms with van der Waals surface area (Å²) in [4.78, 5) is 0. The van der Waals surface area contributed by atoms with E-state index in [0.29, 0.717) is 0 Å². The largest absolute Gasteiger partial charge is 0.440 e. The maximum Gasteiger partial charge on any atom is 0.358 e. The highest BCUT2D eigenvalue weighted by molar-refractivity contribution is 6.93. The molecule has 0 aromatic heterocycles. The summed E-state index contributed by atoms with van der Waals surface area (Å²) in [6.45, 7) is 53.6. The molecule has 0 N–H and O–H groups in total. The van der Waals surface area contributed by atoms with Gasteiger partial charge in [0.25, 0.3) is 0 Å². The third-order valence-electron chi connectivity index (χ3n) is 5.88. The van der Waals surface area contributed by atoms with Crippen molar-refractivity contribution in [1.82, 2.24) is 0 Å². The first-order valence-electron chi connectivity index (χ1n) is 18.4. The Morgan fingerprint density at radius 2 is 0.404 bits per heavy atom. The standard InChI is InChI=1S/C26H80O13Si13/c1-40(2)27-28-42(5,6)30-44(9,10)32-46(13,14)34-48(17,18)36-50(21,22)38-52(25,26)39-51(23,24)37-49(19,20)35-47(15,16)33-45(11,12)31-43(7,8)29-41(3)4/h40-41H,1-26H3. The predicted molar refractivity (Wildman–Crippen MR) is 244 cm³/mol. The summed E-state index contributed by atoms with van der Waals surface area (Å²) in [5.41, 5.74) is 0. The van der Waals surface area contributed by atoms with Crippen LogP contribution in [0.4, 0.5) is 0 Å². The van der Waals surface area contributed by atoms with Crippen LogP contribution in [-0.4, -0.2) is 112 Å². The van der Waals surface area contributed by atoms with Gasteiger partial charge in [-0.25, -0.2) is 0 Å². The molecule has 314 valence electrons. The topological polar surface area (TPSA) is 120 Å². The van der Waals surface area contributed by atoms with Crippen LogP contribution in [0.3, 0.4) is 0 Å². The lowest BCUT2D eigenvalue weighted by atomic mass is 11.9. The Morgan fingerprint density at radius 1 is 0.231 bits per heavy atom. The summed E-state index contributed by atoms with van der Waals surface area (Å²) in [5.74, 6) is 0. The maximum atomic E-state index is 6.80. The first-order chi connectivity index (χ1) is 22.4. The van der Waals surface area contributed by atoms with Crippen molar-refractivity contribution in [3.63, 3.8) is 0 Å². The molecule has 0 aliphatic carbocycles. The van der Waals surface area contributed by atoms with Gasteiger partial charge in [0, 0.05) is 0 Å². The molecule has 0 spiro atoms. The molecule has 0 amide bonds. The summed E-state index contributed by atoms with van der Waals surface area (Å²) < 4.78 is 84.5. The SMILES string of the molecule is C[SiH](C)OO[Si](C)(C)O[Si](C)(C)O[Si](C)(C)O[Si](C)(C)O[Si](C)(C)O[Si](C)(C)O[Si](C)(C)O[Si](C)(C)O[Si](C)(C)O[Si](C)(C)O[Si](C)(C)O[SiH](C)C. The van der Waals surface area contributed by atoms with Crippen molar-refractivity contribution >= 4 is 112 Å². The highest BCUT2D eigenvalue weighted by Crippen LogP contribution is 2.31. The lowest BCUT2D eigenvalue weighted by Crippen LogP contribution is -2.62. The van der Waals surface area contributed by atoms with Crippen molar-refractivity contribution in [1.29, 1.82) is 0 Å². The minimum absolute atomic E-state index is 1.23. The molecular weight excluding hydrogens is 885 g/mol. The second-order valence-electron chi connectivity index (χ2n) is 18.8. The van der Waals surface area contributed by atoms with Crippen LogP contribution in [0.15, 0.2) is 0 Å². The van der Waals surface area contributed by atoms with E-state index in [-0.39, 0.29) is 0 Å². The Hall–Kier alpha value is 2.30. The third-order valence-corrected chi connectivity index (χ3v) is 50.5. The average molecular weight is 966 g/mol. The Morgan fingerprint density at radius 3 is 0.577 bits per heavy atom. The molecule has 0 bridgehead atoms. The molecule has 0 saturated carbocycles. The molecule has 0 aromatic carbocycles. The fourth-order valence-corrected chi connectivity index (χ4v) is 66.2. The van der Waals surface area contributed by atoms with Gasteiger partial charge in [-0.05, 0) is 170 Å². The summed E-state index contributed by atoms with van der Waals surface area (Å²) in [5, 5.41) is 0. The van der Waals surface area contributed by atoms with Gasteiger partial charge in [0.2, 0.25) is 9.04 Å². The van der Waals surface area contributed by atoms with E-state index in [1.165, 1.54) is 0 Å². The molecule has 52 heavy (non-hydrogen) atoms. The van der Waals surface area contributed by atoms with Crippen LogP contribution < -0.4 is 0 Å². The van der Waals surface area contributed by atoms with Crippen LogP contribution in [0.1, 0.15) is 0 Å². The molecule has 0 unspecified atom stereocenters. The van der Waals surface area contributed by atoms with Crippen molar-refractivity contribution in [3.05, 3.63) is 0 Å². The first-order valence-corrected chi connectivity index (χ1v) is 55.0. The molecule has 26 heteroatoms. The Labute approximate surface area is 334 Å². The molecular formula is C26H80O13Si13. The van der Waals surface area contributed by atoms with Gasteiger partial charge in [-0.15, -0.1) is 0 Å². The first kappa shape index (κ1) is 54.3. The summed E-state index contributed by atoms with van der Waals surface area (Å²) >= 11 is 0. The summed E-state index contributed by atoms with van der Waals surface area (Å²) in [6.07, 6.45) is 0. The lowest BCUT2D eigenvalue weighted by molar-refractivity contribution is -0.132. The smallest absolute Gasteiger partial charge is 0.358 e. The Bertz CT molecular complexity index is 1120. The maximum absolute atomic E-state index is 6.80. The fraction of sp³-hybridized carbons (Fsp3) is 1.00. The van der Waals surface area contributed by atoms with Crippen molar-refractivity contribution in [2.75, 3.05) is 0 Å². The molecule has 0 fully saturated rings. The molecule has 13 nitrogen and oxygen atoms in total. The number of hydrogen-bond donors (Lipinski definition) is 0. The van der Waals surface area contributed by atoms with Gasteiger partial charge in [-0.2, -0.15) is 0 Å². The molecule has 0 saturated heterocycles. The highest BCUT2D eigenvalue weighted by atomic mass is 28.5. The quantitative estimate of drug-likeness (QED) is 0.0493. The Kier molecular flexibility index (Phi) is 20.0. The zero-order valence-electron chi connectivity index (χ0n) is 38.0. The van der Waals surface area contributed by atoms with E-state index >= 15 is 0 Å². The van der Waals surface area contributed by atoms with E-state index in [1.807, 2.05) is 39.3 Å². The zero-order chi connectivity index (χ0) is 41.8. The second kappa shape index (κ2) is 19.1. The van der Waals surface area contributed by atoms with Gasteiger partial charge < -0.3 is 45.3 Å². The Balaban J connectivity index is 5.55. The minimum Gasteiger partial charge on any atom is -0.440 e. The monoisotopic (exact) mass is 964 g/mol. The minimum atomic E-state index is -2.73. The average Bonchev–Trinajstić information content (AvgIpc) is 2.67. The van der Waals surface area contributed by atoms with Gasteiger partial charge in [-0.3, -0.25) is 9.15 Å². The van der Waals surface area contributed by atoms with Gasteiger partial charge in [0.1, 0.15) is 0 Å². The molecule has 0 aliphatic rings. The molecule has 0 rings (SSSR count). The van der Waals surface area contributed by atoms with Gasteiger partial charge in [0.15, 0.2) is 9.04 Å². The number of rotatable bonds is 25. The van der Waals surface area contributed by atoms with Crippen molar-refractivity contribution < 1.29 is 54.4 Å². The van der Waals surface area contributed by atoms with E-state index in [0.717, 1.165) is 0 Å². The van der Waals surface area contributed by atoms with E-state index in [2.05, 4.69) is 131 Å². The third kappa shape index (κ3) is 25.6. The van der Waals surface area contributed by atoms with Gasteiger partial charge in [-0.1, -0.05) is 0 Å². The number of hydrogen-bond acceptors (Lipinski definition) is 13. The molecule has 0 heterocycles. The highest BCUT2D eigenvalue weighted by Gasteiger charge is 2.51. The van der Waals surface area contributed by atoms with Gasteiger partial charge >= 0.3 is 94.2 Å². The fourth-order valence-electron chi connectivity index (χ4n) is 6.93. The molecule has 0 radical (unpaired) electrons. The van der Waals surface area contributed by atoms with Crippen molar-refractivity contribution in [2.45, 2.75) is 170 Å². The lowest BCUT2D eigenvalue weighted by Gasteiger charge is -2.44. The van der Waals surface area contributed by atoms with Crippen LogP contribution >= 0.6 is 0 Å². The molecule has 0 aromatic rings. The van der Waals surface area contributed by atoms with Crippen molar-refractivity contribution in [3.8, 4) is 0 Å². The summed E-state index contributed by atoms with van der Waals surface area (Å²) in [7, 11) is -31.5. The van der Waals surface area contributed by atoms with Crippen molar-refractivity contribution in [2.24, 2.45) is 0 Å². The second-order valence-corrected chi connectivity index (χ2v) is 63.3. The normalized spacial score (nSPS) is 15.7. The van der Waals surface area contributed by atoms with E-state index in [4.69, 9.17) is 54.4 Å². The van der Waals surface area contributed by atoms with E-state index in [9.17, 15) is 0 Å². The van der Waals surface area contributed by atoms with E-state index in [1.54, 1.807) is 0 Å². The van der Waals surface area contributed by atoms with E-state index < -0.39 is 112 Å². The van der Waals surface area contributed by atoms with Crippen LogP contribution in [-0.2, 0) is 54.4 Å². The van der Waals surface area contributed by atoms with Gasteiger partial charge in [0.05, 0.1) is 0 Å². The summed E-state index contributed by atoms with van der Waals surface area (Å²) in [6, 6.07) is 0. The predicted octanol–water partition coefficient (Wildman–Crippen LogP) is 8.80.